The van der Waals surface area contributed by atoms with E-state index >= 15 is 0 Å². The number of rotatable bonds is 4. The highest BCUT2D eigenvalue weighted by atomic mass is 32.2. The zero-order chi connectivity index (χ0) is 14.8. The number of anilines is 1. The monoisotopic (exact) mass is 298 g/mol. The molecule has 0 unspecified atom stereocenters. The lowest BCUT2D eigenvalue weighted by molar-refractivity contribution is 0.0350. The van der Waals surface area contributed by atoms with Crippen LogP contribution < -0.4 is 9.62 Å². The van der Waals surface area contributed by atoms with Gasteiger partial charge in [0, 0.05) is 19.6 Å². The average molecular weight is 298 g/mol. The van der Waals surface area contributed by atoms with E-state index < -0.39 is 15.6 Å². The number of para-hydroxylation sites is 1. The topological polar surface area (TPSA) is 69.6 Å². The van der Waals surface area contributed by atoms with Crippen LogP contribution in [0.5, 0.6) is 0 Å². The second-order valence-corrected chi connectivity index (χ2v) is 7.19. The third kappa shape index (κ3) is 3.31. The number of aliphatic hydroxyl groups is 1. The van der Waals surface area contributed by atoms with E-state index in [1.165, 1.54) is 0 Å². The molecule has 2 rings (SSSR count). The highest BCUT2D eigenvalue weighted by Gasteiger charge is 2.29. The second-order valence-electron chi connectivity index (χ2n) is 5.45. The molecule has 1 aliphatic heterocycles. The lowest BCUT2D eigenvalue weighted by atomic mass is 9.93. The fraction of sp³-hybridized carbons (Fsp3) is 0.571. The molecule has 1 aromatic rings. The molecule has 0 aliphatic carbocycles. The van der Waals surface area contributed by atoms with Crippen LogP contribution >= 0.6 is 0 Å². The summed E-state index contributed by atoms with van der Waals surface area (Å²) < 4.78 is 27.0. The molecule has 5 nitrogen and oxygen atoms in total. The summed E-state index contributed by atoms with van der Waals surface area (Å²) in [6.07, 6.45) is 1.28. The summed E-state index contributed by atoms with van der Waals surface area (Å²) in [7, 11) is -3.47. The van der Waals surface area contributed by atoms with E-state index in [1.807, 2.05) is 24.0 Å². The largest absolute Gasteiger partial charge is 0.390 e. The first-order chi connectivity index (χ1) is 9.36. The van der Waals surface area contributed by atoms with Crippen LogP contribution in [0.1, 0.15) is 26.7 Å². The molecule has 20 heavy (non-hydrogen) atoms. The Balaban J connectivity index is 2.30. The van der Waals surface area contributed by atoms with Gasteiger partial charge in [-0.25, -0.2) is 13.1 Å². The predicted molar refractivity (Wildman–Crippen MR) is 79.4 cm³/mol. The van der Waals surface area contributed by atoms with Crippen LogP contribution in [0.4, 0.5) is 5.69 Å². The van der Waals surface area contributed by atoms with E-state index in [4.69, 9.17) is 0 Å². The first-order valence-electron chi connectivity index (χ1n) is 6.92. The van der Waals surface area contributed by atoms with Crippen molar-refractivity contribution < 1.29 is 13.5 Å². The summed E-state index contributed by atoms with van der Waals surface area (Å²) in [5, 5.41) is 10.00. The van der Waals surface area contributed by atoms with E-state index in [1.54, 1.807) is 19.1 Å². The zero-order valence-corrected chi connectivity index (χ0v) is 12.8. The molecule has 0 bridgehead atoms. The molecule has 1 fully saturated rings. The van der Waals surface area contributed by atoms with Gasteiger partial charge in [-0.15, -0.1) is 0 Å². The summed E-state index contributed by atoms with van der Waals surface area (Å²) >= 11 is 0. The minimum atomic E-state index is -3.47. The Morgan fingerprint density at radius 3 is 2.50 bits per heavy atom. The predicted octanol–water partition coefficient (Wildman–Crippen LogP) is 1.34. The van der Waals surface area contributed by atoms with Crippen molar-refractivity contribution in [2.75, 3.05) is 24.5 Å². The van der Waals surface area contributed by atoms with E-state index in [0.717, 1.165) is 0 Å². The molecular formula is C14H22N2O3S. The Morgan fingerprint density at radius 2 is 1.90 bits per heavy atom. The van der Waals surface area contributed by atoms with Gasteiger partial charge in [0.05, 0.1) is 11.3 Å². The van der Waals surface area contributed by atoms with Crippen molar-refractivity contribution in [1.29, 1.82) is 0 Å². The van der Waals surface area contributed by atoms with Crippen LogP contribution in [-0.2, 0) is 10.0 Å². The van der Waals surface area contributed by atoms with Gasteiger partial charge < -0.3 is 10.0 Å². The van der Waals surface area contributed by atoms with Crippen LogP contribution in [0.2, 0.25) is 0 Å². The van der Waals surface area contributed by atoms with Gasteiger partial charge in [0.1, 0.15) is 4.90 Å². The number of hydrogen-bond acceptors (Lipinski definition) is 4. The van der Waals surface area contributed by atoms with Gasteiger partial charge in [-0.2, -0.15) is 0 Å². The minimum absolute atomic E-state index is 0.309. The third-order valence-corrected chi connectivity index (χ3v) is 5.26. The van der Waals surface area contributed by atoms with Gasteiger partial charge in [-0.1, -0.05) is 19.1 Å². The molecule has 0 aromatic heterocycles. The number of hydrogen-bond donors (Lipinski definition) is 2. The quantitative estimate of drug-likeness (QED) is 0.880. The Kier molecular flexibility index (Phi) is 4.36. The molecule has 1 heterocycles. The maximum Gasteiger partial charge on any atom is 0.242 e. The summed E-state index contributed by atoms with van der Waals surface area (Å²) in [6.45, 7) is 5.27. The number of nitrogens with one attached hydrogen (secondary N) is 1. The molecule has 0 atom stereocenters. The average Bonchev–Trinajstić information content (AvgIpc) is 2.39. The van der Waals surface area contributed by atoms with Crippen LogP contribution in [-0.4, -0.2) is 38.8 Å². The molecule has 6 heteroatoms. The summed E-state index contributed by atoms with van der Waals surface area (Å²) in [6, 6.07) is 7.02. The van der Waals surface area contributed by atoms with Gasteiger partial charge in [-0.3, -0.25) is 0 Å². The number of piperidine rings is 1. The molecule has 0 spiro atoms. The maximum absolute atomic E-state index is 12.2. The highest BCUT2D eigenvalue weighted by Crippen LogP contribution is 2.30. The molecule has 0 amide bonds. The SMILES string of the molecule is CCNS(=O)(=O)c1ccccc1N1CCC(C)(O)CC1. The highest BCUT2D eigenvalue weighted by molar-refractivity contribution is 7.89. The summed E-state index contributed by atoms with van der Waals surface area (Å²) in [5.74, 6) is 0. The van der Waals surface area contributed by atoms with Crippen molar-refractivity contribution in [3.05, 3.63) is 24.3 Å². The third-order valence-electron chi connectivity index (χ3n) is 3.67. The van der Waals surface area contributed by atoms with E-state index in [9.17, 15) is 13.5 Å². The fourth-order valence-electron chi connectivity index (χ4n) is 2.44. The van der Waals surface area contributed by atoms with Crippen molar-refractivity contribution in [1.82, 2.24) is 4.72 Å². The first-order valence-corrected chi connectivity index (χ1v) is 8.40. The van der Waals surface area contributed by atoms with Crippen molar-refractivity contribution in [3.8, 4) is 0 Å². The summed E-state index contributed by atoms with van der Waals surface area (Å²) in [4.78, 5) is 2.34. The Labute approximate surface area is 120 Å². The van der Waals surface area contributed by atoms with Crippen LogP contribution in [0.15, 0.2) is 29.2 Å². The molecular weight excluding hydrogens is 276 g/mol. The Bertz CT molecular complexity index is 560. The standard InChI is InChI=1S/C14H22N2O3S/c1-3-15-20(18,19)13-7-5-4-6-12(13)16-10-8-14(2,17)9-11-16/h4-7,15,17H,3,8-11H2,1-2H3. The van der Waals surface area contributed by atoms with E-state index in [-0.39, 0.29) is 0 Å². The Hall–Kier alpha value is -1.11. The van der Waals surface area contributed by atoms with Crippen LogP contribution in [0.3, 0.4) is 0 Å². The minimum Gasteiger partial charge on any atom is -0.390 e. The van der Waals surface area contributed by atoms with Crippen molar-refractivity contribution in [2.24, 2.45) is 0 Å². The zero-order valence-electron chi connectivity index (χ0n) is 12.0. The van der Waals surface area contributed by atoms with Crippen LogP contribution in [0.25, 0.3) is 0 Å². The molecule has 1 aromatic carbocycles. The fourth-order valence-corrected chi connectivity index (χ4v) is 3.71. The molecule has 0 radical (unpaired) electrons. The number of benzene rings is 1. The van der Waals surface area contributed by atoms with E-state index in [2.05, 4.69) is 4.72 Å². The lowest BCUT2D eigenvalue weighted by Crippen LogP contribution is -2.43. The molecule has 2 N–H and O–H groups in total. The van der Waals surface area contributed by atoms with Gasteiger partial charge in [0.2, 0.25) is 10.0 Å². The van der Waals surface area contributed by atoms with Gasteiger partial charge in [0.25, 0.3) is 0 Å². The normalized spacial score (nSPS) is 19.1. The smallest absolute Gasteiger partial charge is 0.242 e. The first kappa shape index (κ1) is 15.3. The Morgan fingerprint density at radius 1 is 1.30 bits per heavy atom. The second kappa shape index (κ2) is 5.71. The van der Waals surface area contributed by atoms with E-state index in [0.29, 0.717) is 43.1 Å². The van der Waals surface area contributed by atoms with Crippen LogP contribution in [0, 0.1) is 0 Å². The van der Waals surface area contributed by atoms with Crippen molar-refractivity contribution in [3.63, 3.8) is 0 Å². The molecule has 0 saturated carbocycles. The number of nitrogens with zero attached hydrogens (tertiary/aromatic N) is 1. The van der Waals surface area contributed by atoms with Gasteiger partial charge >= 0.3 is 0 Å². The molecule has 112 valence electrons. The van der Waals surface area contributed by atoms with Crippen molar-refractivity contribution in [2.45, 2.75) is 37.2 Å². The van der Waals surface area contributed by atoms with Crippen molar-refractivity contribution >= 4 is 15.7 Å². The number of sulfonamides is 1. The summed E-state index contributed by atoms with van der Waals surface area (Å²) in [5.41, 5.74) is 0.0652. The maximum atomic E-state index is 12.2. The van der Waals surface area contributed by atoms with Gasteiger partial charge in [0.15, 0.2) is 0 Å². The lowest BCUT2D eigenvalue weighted by Gasteiger charge is -2.37. The molecule has 1 aliphatic rings. The van der Waals surface area contributed by atoms with Gasteiger partial charge in [-0.05, 0) is 31.9 Å². The molecule has 1 saturated heterocycles.